The highest BCUT2D eigenvalue weighted by Crippen LogP contribution is 2.28. The Labute approximate surface area is 127 Å². The maximum atomic E-state index is 4.59. The minimum atomic E-state index is 0.460. The van der Waals surface area contributed by atoms with Crippen LogP contribution >= 0.6 is 0 Å². The molecule has 0 spiro atoms. The highest BCUT2D eigenvalue weighted by atomic mass is 15.4. The molecule has 2 rings (SSSR count). The van der Waals surface area contributed by atoms with Crippen LogP contribution in [0.3, 0.4) is 0 Å². The van der Waals surface area contributed by atoms with Gasteiger partial charge in [-0.05, 0) is 26.0 Å². The van der Waals surface area contributed by atoms with Crippen LogP contribution in [0.2, 0.25) is 0 Å². The molecule has 0 aliphatic carbocycles. The fourth-order valence-electron chi connectivity index (χ4n) is 2.51. The Hall–Kier alpha value is -1.81. The molecule has 1 heterocycles. The van der Waals surface area contributed by atoms with Gasteiger partial charge in [-0.15, -0.1) is 0 Å². The van der Waals surface area contributed by atoms with Gasteiger partial charge in [0.05, 0.1) is 5.69 Å². The average molecular weight is 286 g/mol. The van der Waals surface area contributed by atoms with Crippen molar-refractivity contribution in [2.24, 2.45) is 7.05 Å². The first-order valence-corrected chi connectivity index (χ1v) is 7.46. The maximum absolute atomic E-state index is 4.59. The topological polar surface area (TPSA) is 33.1 Å². The molecule has 1 aromatic heterocycles. The number of hydrogen-bond donors (Lipinski definition) is 1. The van der Waals surface area contributed by atoms with Crippen LogP contribution in [0.1, 0.15) is 30.7 Å². The summed E-state index contributed by atoms with van der Waals surface area (Å²) in [6.45, 7) is 9.34. The summed E-state index contributed by atoms with van der Waals surface area (Å²) in [5.74, 6) is 1.14. The summed E-state index contributed by atoms with van der Waals surface area (Å²) in [4.78, 5) is 2.21. The molecule has 0 aliphatic heterocycles. The molecule has 0 unspecified atom stereocenters. The predicted octanol–water partition coefficient (Wildman–Crippen LogP) is 3.30. The fourth-order valence-corrected chi connectivity index (χ4v) is 2.51. The van der Waals surface area contributed by atoms with Crippen LogP contribution < -0.4 is 10.2 Å². The summed E-state index contributed by atoms with van der Waals surface area (Å²) < 4.78 is 1.96. The molecule has 0 amide bonds. The normalized spacial score (nSPS) is 11.2. The average Bonchev–Trinajstić information content (AvgIpc) is 2.70. The SMILES string of the molecule is Cc1ccc(N(C)c2c(CNC(C)C)c(C)nn2C)cc1. The van der Waals surface area contributed by atoms with Crippen LogP contribution in [-0.2, 0) is 13.6 Å². The molecule has 0 aliphatic rings. The number of nitrogens with one attached hydrogen (secondary N) is 1. The molecular formula is C17H26N4. The van der Waals surface area contributed by atoms with Gasteiger partial charge < -0.3 is 10.2 Å². The second-order valence-corrected chi connectivity index (χ2v) is 5.94. The smallest absolute Gasteiger partial charge is 0.135 e. The lowest BCUT2D eigenvalue weighted by Crippen LogP contribution is -2.24. The molecule has 2 aromatic rings. The van der Waals surface area contributed by atoms with Crippen molar-refractivity contribution in [3.05, 3.63) is 41.1 Å². The monoisotopic (exact) mass is 286 g/mol. The van der Waals surface area contributed by atoms with E-state index < -0.39 is 0 Å². The van der Waals surface area contributed by atoms with E-state index in [1.165, 1.54) is 16.8 Å². The fraction of sp³-hybridized carbons (Fsp3) is 0.471. The second-order valence-electron chi connectivity index (χ2n) is 5.94. The third-order valence-corrected chi connectivity index (χ3v) is 3.74. The van der Waals surface area contributed by atoms with Crippen molar-refractivity contribution in [1.82, 2.24) is 15.1 Å². The number of hydrogen-bond acceptors (Lipinski definition) is 3. The molecule has 114 valence electrons. The van der Waals surface area contributed by atoms with E-state index in [9.17, 15) is 0 Å². The van der Waals surface area contributed by atoms with E-state index in [4.69, 9.17) is 0 Å². The van der Waals surface area contributed by atoms with Crippen molar-refractivity contribution in [3.63, 3.8) is 0 Å². The van der Waals surface area contributed by atoms with E-state index in [0.717, 1.165) is 18.1 Å². The van der Waals surface area contributed by atoms with Gasteiger partial charge in [0.2, 0.25) is 0 Å². The number of nitrogens with zero attached hydrogens (tertiary/aromatic N) is 3. The zero-order valence-electron chi connectivity index (χ0n) is 13.9. The number of anilines is 2. The minimum Gasteiger partial charge on any atom is -0.329 e. The van der Waals surface area contributed by atoms with Crippen LogP contribution in [0.5, 0.6) is 0 Å². The molecule has 4 heteroatoms. The highest BCUT2D eigenvalue weighted by Gasteiger charge is 2.18. The summed E-state index contributed by atoms with van der Waals surface area (Å²) >= 11 is 0. The quantitative estimate of drug-likeness (QED) is 0.915. The van der Waals surface area contributed by atoms with Crippen molar-refractivity contribution in [2.45, 2.75) is 40.3 Å². The summed E-state index contributed by atoms with van der Waals surface area (Å²) in [7, 11) is 4.10. The largest absolute Gasteiger partial charge is 0.329 e. The van der Waals surface area contributed by atoms with Crippen molar-refractivity contribution in [2.75, 3.05) is 11.9 Å². The van der Waals surface area contributed by atoms with Gasteiger partial charge in [0, 0.05) is 37.9 Å². The molecule has 1 aromatic carbocycles. The van der Waals surface area contributed by atoms with E-state index in [2.05, 4.69) is 74.3 Å². The molecule has 0 saturated carbocycles. The molecule has 0 saturated heterocycles. The number of rotatable bonds is 5. The van der Waals surface area contributed by atoms with Gasteiger partial charge in [-0.3, -0.25) is 4.68 Å². The second kappa shape index (κ2) is 6.31. The Morgan fingerprint density at radius 3 is 2.38 bits per heavy atom. The van der Waals surface area contributed by atoms with E-state index in [1.54, 1.807) is 0 Å². The first kappa shape index (κ1) is 15.6. The maximum Gasteiger partial charge on any atom is 0.135 e. The Kier molecular flexibility index (Phi) is 4.68. The van der Waals surface area contributed by atoms with Crippen LogP contribution in [0.15, 0.2) is 24.3 Å². The van der Waals surface area contributed by atoms with Crippen molar-refractivity contribution >= 4 is 11.5 Å². The molecule has 0 radical (unpaired) electrons. The van der Waals surface area contributed by atoms with Crippen molar-refractivity contribution in [1.29, 1.82) is 0 Å². The Morgan fingerprint density at radius 2 is 1.81 bits per heavy atom. The lowest BCUT2D eigenvalue weighted by Gasteiger charge is -2.22. The molecule has 0 fully saturated rings. The van der Waals surface area contributed by atoms with Gasteiger partial charge >= 0.3 is 0 Å². The third kappa shape index (κ3) is 3.45. The standard InChI is InChI=1S/C17H26N4/c1-12(2)18-11-16-14(4)19-21(6)17(16)20(5)15-9-7-13(3)8-10-15/h7-10,12,18H,11H2,1-6H3. The lowest BCUT2D eigenvalue weighted by molar-refractivity contribution is 0.587. The van der Waals surface area contributed by atoms with Crippen LogP contribution in [-0.4, -0.2) is 22.9 Å². The van der Waals surface area contributed by atoms with Gasteiger partial charge in [0.15, 0.2) is 0 Å². The molecule has 4 nitrogen and oxygen atoms in total. The van der Waals surface area contributed by atoms with E-state index >= 15 is 0 Å². The van der Waals surface area contributed by atoms with Gasteiger partial charge in [-0.25, -0.2) is 0 Å². The predicted molar refractivity (Wildman–Crippen MR) is 89.2 cm³/mol. The molecule has 1 N–H and O–H groups in total. The zero-order chi connectivity index (χ0) is 15.6. The van der Waals surface area contributed by atoms with Gasteiger partial charge in [-0.2, -0.15) is 5.10 Å². The first-order chi connectivity index (χ1) is 9.90. The summed E-state index contributed by atoms with van der Waals surface area (Å²) in [6.07, 6.45) is 0. The zero-order valence-corrected chi connectivity index (χ0v) is 13.9. The summed E-state index contributed by atoms with van der Waals surface area (Å²) in [6, 6.07) is 9.04. The van der Waals surface area contributed by atoms with E-state index in [1.807, 2.05) is 11.7 Å². The van der Waals surface area contributed by atoms with Crippen LogP contribution in [0, 0.1) is 13.8 Å². The number of aryl methyl sites for hydroxylation is 3. The Balaban J connectivity index is 2.35. The number of benzene rings is 1. The Morgan fingerprint density at radius 1 is 1.19 bits per heavy atom. The molecule has 0 bridgehead atoms. The first-order valence-electron chi connectivity index (χ1n) is 7.46. The van der Waals surface area contributed by atoms with Gasteiger partial charge in [0.25, 0.3) is 0 Å². The summed E-state index contributed by atoms with van der Waals surface area (Å²) in [5, 5.41) is 8.08. The van der Waals surface area contributed by atoms with Crippen molar-refractivity contribution in [3.8, 4) is 0 Å². The van der Waals surface area contributed by atoms with Crippen LogP contribution in [0.25, 0.3) is 0 Å². The van der Waals surface area contributed by atoms with Crippen LogP contribution in [0.4, 0.5) is 11.5 Å². The lowest BCUT2D eigenvalue weighted by atomic mass is 10.2. The summed E-state index contributed by atoms with van der Waals surface area (Å²) in [5.41, 5.74) is 4.79. The number of aromatic nitrogens is 2. The molecular weight excluding hydrogens is 260 g/mol. The highest BCUT2D eigenvalue weighted by molar-refractivity contribution is 5.63. The van der Waals surface area contributed by atoms with Gasteiger partial charge in [-0.1, -0.05) is 31.5 Å². The van der Waals surface area contributed by atoms with Gasteiger partial charge in [0.1, 0.15) is 5.82 Å². The van der Waals surface area contributed by atoms with Crippen molar-refractivity contribution < 1.29 is 0 Å². The minimum absolute atomic E-state index is 0.460. The molecule has 0 atom stereocenters. The van der Waals surface area contributed by atoms with E-state index in [-0.39, 0.29) is 0 Å². The molecule has 21 heavy (non-hydrogen) atoms. The third-order valence-electron chi connectivity index (χ3n) is 3.74. The Bertz CT molecular complexity index is 596. The van der Waals surface area contributed by atoms with E-state index in [0.29, 0.717) is 6.04 Å².